The number of benzene rings is 3. The van der Waals surface area contributed by atoms with Crippen molar-refractivity contribution in [1.29, 1.82) is 0 Å². The molecule has 4 atom stereocenters. The molecule has 5 nitrogen and oxygen atoms in total. The van der Waals surface area contributed by atoms with Gasteiger partial charge >= 0.3 is 0 Å². The molecule has 1 fully saturated rings. The van der Waals surface area contributed by atoms with Crippen LogP contribution in [0.15, 0.2) is 71.6 Å². The Morgan fingerprint density at radius 3 is 2.39 bits per heavy atom. The van der Waals surface area contributed by atoms with Gasteiger partial charge in [-0.3, -0.25) is 4.18 Å². The maximum absolute atomic E-state index is 14.3. The van der Waals surface area contributed by atoms with E-state index in [0.717, 1.165) is 27.8 Å². The van der Waals surface area contributed by atoms with E-state index in [4.69, 9.17) is 13.7 Å². The molecule has 0 bridgehead atoms. The summed E-state index contributed by atoms with van der Waals surface area (Å²) < 4.78 is 57.1. The number of fused-ring (bicyclic) bond motifs is 5. The van der Waals surface area contributed by atoms with Crippen LogP contribution >= 0.6 is 0 Å². The molecule has 1 aliphatic heterocycles. The van der Waals surface area contributed by atoms with Crippen molar-refractivity contribution >= 4 is 10.1 Å². The van der Waals surface area contributed by atoms with E-state index < -0.39 is 22.3 Å². The third-order valence-electron chi connectivity index (χ3n) is 6.49. The van der Waals surface area contributed by atoms with Crippen LogP contribution < -0.4 is 0 Å². The molecule has 1 unspecified atom stereocenters. The molecule has 172 valence electrons. The highest BCUT2D eigenvalue weighted by Gasteiger charge is 2.43. The van der Waals surface area contributed by atoms with E-state index in [1.807, 2.05) is 31.2 Å². The van der Waals surface area contributed by atoms with Gasteiger partial charge in [0, 0.05) is 13.0 Å². The number of aryl methyl sites for hydroxylation is 1. The largest absolute Gasteiger partial charge is 0.372 e. The predicted molar refractivity (Wildman–Crippen MR) is 121 cm³/mol. The standard InChI is InChI=1S/C26H25FO5S/c1-16-7-10-19(11-8-16)33(28,29)31-15-18-14-24-20-5-3-4-6-21(20)25(30-2)22-12-9-17(27)13-23(22)26(24)32-18/h3-13,18,24-26H,14-15H2,1-2H3/t18-,24-,25?,26-/m1/s1. The van der Waals surface area contributed by atoms with Crippen molar-refractivity contribution in [2.75, 3.05) is 13.7 Å². The average molecular weight is 469 g/mol. The lowest BCUT2D eigenvalue weighted by Gasteiger charge is -2.21. The highest BCUT2D eigenvalue weighted by Crippen LogP contribution is 2.52. The molecule has 3 aromatic carbocycles. The fourth-order valence-corrected chi connectivity index (χ4v) is 5.87. The summed E-state index contributed by atoms with van der Waals surface area (Å²) in [6.45, 7) is 1.78. The molecular weight excluding hydrogens is 443 g/mol. The first-order valence-electron chi connectivity index (χ1n) is 10.9. The van der Waals surface area contributed by atoms with E-state index in [-0.39, 0.29) is 29.3 Å². The second kappa shape index (κ2) is 8.65. The first kappa shape index (κ1) is 22.2. The molecule has 1 heterocycles. The molecule has 5 rings (SSSR count). The molecule has 3 aromatic rings. The molecule has 0 radical (unpaired) electrons. The van der Waals surface area contributed by atoms with Gasteiger partial charge in [0.05, 0.1) is 23.7 Å². The van der Waals surface area contributed by atoms with E-state index in [2.05, 4.69) is 0 Å². The first-order valence-corrected chi connectivity index (χ1v) is 12.3. The van der Waals surface area contributed by atoms with Crippen LogP contribution in [0.3, 0.4) is 0 Å². The van der Waals surface area contributed by atoms with E-state index in [1.54, 1.807) is 25.3 Å². The Labute approximate surface area is 193 Å². The van der Waals surface area contributed by atoms with Gasteiger partial charge < -0.3 is 9.47 Å². The van der Waals surface area contributed by atoms with Crippen molar-refractivity contribution in [2.24, 2.45) is 0 Å². The second-order valence-corrected chi connectivity index (χ2v) is 10.2. The number of ether oxygens (including phenoxy) is 2. The van der Waals surface area contributed by atoms with Crippen molar-refractivity contribution in [1.82, 2.24) is 0 Å². The fourth-order valence-electron chi connectivity index (χ4n) is 4.93. The number of halogens is 1. The number of hydrogen-bond acceptors (Lipinski definition) is 5. The molecule has 0 saturated carbocycles. The Morgan fingerprint density at radius 1 is 0.970 bits per heavy atom. The van der Waals surface area contributed by atoms with Gasteiger partial charge in [-0.25, -0.2) is 4.39 Å². The quantitative estimate of drug-likeness (QED) is 0.482. The zero-order valence-corrected chi connectivity index (χ0v) is 19.2. The maximum Gasteiger partial charge on any atom is 0.297 e. The van der Waals surface area contributed by atoms with Crippen molar-refractivity contribution in [3.8, 4) is 0 Å². The van der Waals surface area contributed by atoms with Crippen LogP contribution in [0.5, 0.6) is 0 Å². The van der Waals surface area contributed by atoms with Gasteiger partial charge in [0.15, 0.2) is 0 Å². The minimum atomic E-state index is -3.90. The van der Waals surface area contributed by atoms with Gasteiger partial charge in [0.2, 0.25) is 0 Å². The van der Waals surface area contributed by atoms with E-state index >= 15 is 0 Å². The predicted octanol–water partition coefficient (Wildman–Crippen LogP) is 5.20. The van der Waals surface area contributed by atoms with Crippen LogP contribution in [-0.2, 0) is 23.8 Å². The summed E-state index contributed by atoms with van der Waals surface area (Å²) in [5.74, 6) is -0.420. The van der Waals surface area contributed by atoms with Gasteiger partial charge in [-0.2, -0.15) is 8.42 Å². The Bertz CT molecular complexity index is 1270. The monoisotopic (exact) mass is 468 g/mol. The Morgan fingerprint density at radius 2 is 1.67 bits per heavy atom. The summed E-state index contributed by atoms with van der Waals surface area (Å²) in [5.41, 5.74) is 4.62. The minimum Gasteiger partial charge on any atom is -0.372 e. The lowest BCUT2D eigenvalue weighted by atomic mass is 9.87. The zero-order chi connectivity index (χ0) is 23.2. The summed E-state index contributed by atoms with van der Waals surface area (Å²) in [7, 11) is -2.26. The van der Waals surface area contributed by atoms with Gasteiger partial charge in [0.25, 0.3) is 10.1 Å². The summed E-state index contributed by atoms with van der Waals surface area (Å²) in [6, 6.07) is 19.2. The normalized spacial score (nSPS) is 24.0. The van der Waals surface area contributed by atoms with Crippen LogP contribution in [0.1, 0.15) is 52.4 Å². The Hall–Kier alpha value is -2.58. The molecule has 0 amide bonds. The van der Waals surface area contributed by atoms with Crippen molar-refractivity contribution < 1.29 is 26.5 Å². The molecular formula is C26H25FO5S. The number of methoxy groups -OCH3 is 1. The number of rotatable bonds is 5. The SMILES string of the molecule is COC1c2ccccc2[C@H]2C[C@H](COS(=O)(=O)c3ccc(C)cc3)O[C@@H]2c2cc(F)ccc21. The highest BCUT2D eigenvalue weighted by molar-refractivity contribution is 7.86. The molecule has 1 aliphatic carbocycles. The molecule has 0 aromatic heterocycles. The van der Waals surface area contributed by atoms with Crippen LogP contribution in [0.2, 0.25) is 0 Å². The third kappa shape index (κ3) is 4.10. The summed E-state index contributed by atoms with van der Waals surface area (Å²) in [4.78, 5) is 0.112. The highest BCUT2D eigenvalue weighted by atomic mass is 32.2. The average Bonchev–Trinajstić information content (AvgIpc) is 3.20. The lowest BCUT2D eigenvalue weighted by Crippen LogP contribution is -2.19. The number of hydrogen-bond donors (Lipinski definition) is 0. The molecule has 7 heteroatoms. The second-order valence-electron chi connectivity index (χ2n) is 8.59. The van der Waals surface area contributed by atoms with Crippen molar-refractivity contribution in [3.63, 3.8) is 0 Å². The third-order valence-corrected chi connectivity index (χ3v) is 7.79. The van der Waals surface area contributed by atoms with E-state index in [1.165, 1.54) is 24.3 Å². The van der Waals surface area contributed by atoms with Crippen molar-refractivity contribution in [2.45, 2.75) is 42.5 Å². The lowest BCUT2D eigenvalue weighted by molar-refractivity contribution is 0.0150. The van der Waals surface area contributed by atoms with E-state index in [0.29, 0.717) is 6.42 Å². The van der Waals surface area contributed by atoms with Crippen LogP contribution in [0.4, 0.5) is 4.39 Å². The van der Waals surface area contributed by atoms with Crippen LogP contribution in [0, 0.1) is 12.7 Å². The minimum absolute atomic E-state index is 0.0717. The van der Waals surface area contributed by atoms with E-state index in [9.17, 15) is 12.8 Å². The zero-order valence-electron chi connectivity index (χ0n) is 18.4. The van der Waals surface area contributed by atoms with Crippen LogP contribution in [0.25, 0.3) is 0 Å². The van der Waals surface area contributed by atoms with Gasteiger partial charge in [-0.05, 0) is 59.9 Å². The Kier molecular flexibility index (Phi) is 5.82. The molecule has 0 spiro atoms. The fraction of sp³-hybridized carbons (Fsp3) is 0.308. The maximum atomic E-state index is 14.3. The molecule has 2 aliphatic rings. The molecule has 0 N–H and O–H groups in total. The summed E-state index contributed by atoms with van der Waals surface area (Å²) in [6.07, 6.45) is -0.656. The topological polar surface area (TPSA) is 61.8 Å². The van der Waals surface area contributed by atoms with Crippen LogP contribution in [-0.4, -0.2) is 28.2 Å². The van der Waals surface area contributed by atoms with Gasteiger partial charge in [-0.15, -0.1) is 0 Å². The van der Waals surface area contributed by atoms with Gasteiger partial charge in [0.1, 0.15) is 11.9 Å². The first-order chi connectivity index (χ1) is 15.9. The molecule has 1 saturated heterocycles. The van der Waals surface area contributed by atoms with Crippen molar-refractivity contribution in [3.05, 3.63) is 100 Å². The molecule has 33 heavy (non-hydrogen) atoms. The van der Waals surface area contributed by atoms with Gasteiger partial charge in [-0.1, -0.05) is 48.0 Å². The summed E-state index contributed by atoms with van der Waals surface area (Å²) in [5, 5.41) is 0. The Balaban J connectivity index is 1.45. The smallest absolute Gasteiger partial charge is 0.297 e. The summed E-state index contributed by atoms with van der Waals surface area (Å²) >= 11 is 0.